The summed E-state index contributed by atoms with van der Waals surface area (Å²) in [6.07, 6.45) is 0. The molecule has 2 aromatic carbocycles. The van der Waals surface area contributed by atoms with Crippen molar-refractivity contribution in [2.24, 2.45) is 0 Å². The number of ether oxygens (including phenoxy) is 1. The van der Waals surface area contributed by atoms with E-state index >= 15 is 0 Å². The number of carbonyl (C=O) groups excluding carboxylic acids is 1. The second kappa shape index (κ2) is 8.20. The molecule has 4 heteroatoms. The van der Waals surface area contributed by atoms with Gasteiger partial charge in [-0.25, -0.2) is 0 Å². The SMILES string of the molecule is C=C(C)COc1cccc(NCC(=O)Nc2c(C)cccc2C)c1. The highest BCUT2D eigenvalue weighted by Crippen LogP contribution is 2.20. The van der Waals surface area contributed by atoms with Crippen LogP contribution in [0.25, 0.3) is 0 Å². The lowest BCUT2D eigenvalue weighted by Gasteiger charge is -2.13. The van der Waals surface area contributed by atoms with E-state index < -0.39 is 0 Å². The Labute approximate surface area is 143 Å². The van der Waals surface area contributed by atoms with Gasteiger partial charge in [-0.15, -0.1) is 0 Å². The van der Waals surface area contributed by atoms with E-state index in [1.807, 2.05) is 63.2 Å². The van der Waals surface area contributed by atoms with E-state index in [9.17, 15) is 4.79 Å². The summed E-state index contributed by atoms with van der Waals surface area (Å²) in [7, 11) is 0. The van der Waals surface area contributed by atoms with Crippen LogP contribution in [0, 0.1) is 13.8 Å². The summed E-state index contributed by atoms with van der Waals surface area (Å²) in [6.45, 7) is 10.4. The molecule has 0 bridgehead atoms. The molecule has 4 nitrogen and oxygen atoms in total. The Bertz CT molecular complexity index is 718. The second-order valence-corrected chi connectivity index (χ2v) is 5.94. The van der Waals surface area contributed by atoms with Crippen molar-refractivity contribution >= 4 is 17.3 Å². The largest absolute Gasteiger partial charge is 0.489 e. The van der Waals surface area contributed by atoms with Crippen LogP contribution in [0.1, 0.15) is 18.1 Å². The van der Waals surface area contributed by atoms with Crippen LogP contribution in [0.15, 0.2) is 54.6 Å². The topological polar surface area (TPSA) is 50.4 Å². The highest BCUT2D eigenvalue weighted by Gasteiger charge is 2.07. The summed E-state index contributed by atoms with van der Waals surface area (Å²) in [5.41, 5.74) is 4.78. The van der Waals surface area contributed by atoms with Gasteiger partial charge in [-0.1, -0.05) is 30.8 Å². The van der Waals surface area contributed by atoms with Crippen LogP contribution >= 0.6 is 0 Å². The third-order valence-corrected chi connectivity index (χ3v) is 3.52. The Morgan fingerprint density at radius 1 is 1.12 bits per heavy atom. The van der Waals surface area contributed by atoms with Crippen molar-refractivity contribution in [2.45, 2.75) is 20.8 Å². The Kier molecular flexibility index (Phi) is 6.01. The number of nitrogens with one attached hydrogen (secondary N) is 2. The van der Waals surface area contributed by atoms with Crippen molar-refractivity contribution in [3.05, 3.63) is 65.7 Å². The molecule has 2 N–H and O–H groups in total. The minimum Gasteiger partial charge on any atom is -0.489 e. The van der Waals surface area contributed by atoms with E-state index in [4.69, 9.17) is 4.74 Å². The van der Waals surface area contributed by atoms with Gasteiger partial charge in [0, 0.05) is 17.4 Å². The smallest absolute Gasteiger partial charge is 0.243 e. The lowest BCUT2D eigenvalue weighted by molar-refractivity contribution is -0.114. The molecule has 0 atom stereocenters. The first-order chi connectivity index (χ1) is 11.5. The molecule has 0 unspecified atom stereocenters. The van der Waals surface area contributed by atoms with E-state index in [1.54, 1.807) is 0 Å². The van der Waals surface area contributed by atoms with E-state index in [0.29, 0.717) is 6.61 Å². The predicted octanol–water partition coefficient (Wildman–Crippen LogP) is 4.31. The zero-order chi connectivity index (χ0) is 17.5. The molecule has 24 heavy (non-hydrogen) atoms. The molecule has 0 aliphatic carbocycles. The van der Waals surface area contributed by atoms with Gasteiger partial charge in [0.1, 0.15) is 12.4 Å². The Morgan fingerprint density at radius 3 is 2.46 bits per heavy atom. The van der Waals surface area contributed by atoms with Gasteiger partial charge >= 0.3 is 0 Å². The molecule has 0 saturated carbocycles. The van der Waals surface area contributed by atoms with Crippen LogP contribution in [0.2, 0.25) is 0 Å². The van der Waals surface area contributed by atoms with Gasteiger partial charge in [-0.05, 0) is 49.6 Å². The maximum absolute atomic E-state index is 12.2. The molecular weight excluding hydrogens is 300 g/mol. The number of para-hydroxylation sites is 1. The molecule has 1 amide bonds. The molecule has 0 aliphatic heterocycles. The summed E-state index contributed by atoms with van der Waals surface area (Å²) >= 11 is 0. The third-order valence-electron chi connectivity index (χ3n) is 3.52. The van der Waals surface area contributed by atoms with E-state index in [0.717, 1.165) is 33.8 Å². The van der Waals surface area contributed by atoms with Crippen molar-refractivity contribution in [2.75, 3.05) is 23.8 Å². The highest BCUT2D eigenvalue weighted by atomic mass is 16.5. The molecule has 0 heterocycles. The van der Waals surface area contributed by atoms with Crippen LogP contribution in [0.3, 0.4) is 0 Å². The number of benzene rings is 2. The second-order valence-electron chi connectivity index (χ2n) is 5.94. The van der Waals surface area contributed by atoms with E-state index in [2.05, 4.69) is 17.2 Å². The summed E-state index contributed by atoms with van der Waals surface area (Å²) in [5.74, 6) is 0.666. The van der Waals surface area contributed by atoms with Gasteiger partial charge in [0.05, 0.1) is 6.54 Å². The lowest BCUT2D eigenvalue weighted by Crippen LogP contribution is -2.22. The minimum absolute atomic E-state index is 0.0827. The van der Waals surface area contributed by atoms with Crippen LogP contribution < -0.4 is 15.4 Å². The third kappa shape index (κ3) is 5.16. The van der Waals surface area contributed by atoms with Gasteiger partial charge in [-0.2, -0.15) is 0 Å². The van der Waals surface area contributed by atoms with E-state index in [-0.39, 0.29) is 12.5 Å². The van der Waals surface area contributed by atoms with Crippen molar-refractivity contribution in [3.8, 4) is 5.75 Å². The number of carbonyl (C=O) groups is 1. The fourth-order valence-corrected chi connectivity index (χ4v) is 2.28. The maximum atomic E-state index is 12.2. The molecule has 0 saturated heterocycles. The summed E-state index contributed by atoms with van der Waals surface area (Å²) < 4.78 is 5.60. The standard InChI is InChI=1S/C20H24N2O2/c1-14(2)13-24-18-10-6-9-17(11-18)21-12-19(23)22-20-15(3)7-5-8-16(20)4/h5-11,21H,1,12-13H2,2-4H3,(H,22,23). The molecule has 2 rings (SSSR count). The molecule has 0 fully saturated rings. The number of aryl methyl sites for hydroxylation is 2. The van der Waals surface area contributed by atoms with Crippen molar-refractivity contribution in [1.82, 2.24) is 0 Å². The van der Waals surface area contributed by atoms with Crippen molar-refractivity contribution < 1.29 is 9.53 Å². The first-order valence-electron chi connectivity index (χ1n) is 7.93. The molecule has 0 radical (unpaired) electrons. The molecule has 2 aromatic rings. The Morgan fingerprint density at radius 2 is 1.79 bits per heavy atom. The minimum atomic E-state index is -0.0827. The molecule has 0 aromatic heterocycles. The van der Waals surface area contributed by atoms with Crippen LogP contribution in [0.5, 0.6) is 5.75 Å². The van der Waals surface area contributed by atoms with E-state index in [1.165, 1.54) is 0 Å². The lowest BCUT2D eigenvalue weighted by atomic mass is 10.1. The molecule has 126 valence electrons. The van der Waals surface area contributed by atoms with Gasteiger partial charge in [0.15, 0.2) is 0 Å². The summed E-state index contributed by atoms with van der Waals surface area (Å²) in [6, 6.07) is 13.5. The number of anilines is 2. The zero-order valence-corrected chi connectivity index (χ0v) is 14.5. The highest BCUT2D eigenvalue weighted by molar-refractivity contribution is 5.95. The van der Waals surface area contributed by atoms with Gasteiger partial charge in [0.2, 0.25) is 5.91 Å². The van der Waals surface area contributed by atoms with Crippen LogP contribution in [-0.2, 0) is 4.79 Å². The van der Waals surface area contributed by atoms with Crippen molar-refractivity contribution in [1.29, 1.82) is 0 Å². The summed E-state index contributed by atoms with van der Waals surface area (Å²) in [4.78, 5) is 12.2. The fourth-order valence-electron chi connectivity index (χ4n) is 2.28. The molecule has 0 aliphatic rings. The number of amides is 1. The fraction of sp³-hybridized carbons (Fsp3) is 0.250. The van der Waals surface area contributed by atoms with Gasteiger partial charge in [0.25, 0.3) is 0 Å². The average molecular weight is 324 g/mol. The number of hydrogen-bond acceptors (Lipinski definition) is 3. The van der Waals surface area contributed by atoms with Gasteiger partial charge < -0.3 is 15.4 Å². The normalized spacial score (nSPS) is 10.1. The first-order valence-corrected chi connectivity index (χ1v) is 7.93. The van der Waals surface area contributed by atoms with Crippen LogP contribution in [0.4, 0.5) is 11.4 Å². The summed E-state index contributed by atoms with van der Waals surface area (Å²) in [5, 5.41) is 6.08. The van der Waals surface area contributed by atoms with Gasteiger partial charge in [-0.3, -0.25) is 4.79 Å². The van der Waals surface area contributed by atoms with Crippen molar-refractivity contribution in [3.63, 3.8) is 0 Å². The Hall–Kier alpha value is -2.75. The Balaban J connectivity index is 1.92. The monoisotopic (exact) mass is 324 g/mol. The first kappa shape index (κ1) is 17.6. The average Bonchev–Trinajstić information content (AvgIpc) is 2.55. The number of rotatable bonds is 7. The number of hydrogen-bond donors (Lipinski definition) is 2. The predicted molar refractivity (Wildman–Crippen MR) is 99.8 cm³/mol. The van der Waals surface area contributed by atoms with Crippen LogP contribution in [-0.4, -0.2) is 19.1 Å². The molecular formula is C20H24N2O2. The maximum Gasteiger partial charge on any atom is 0.243 e. The molecule has 0 spiro atoms. The zero-order valence-electron chi connectivity index (χ0n) is 14.5. The quantitative estimate of drug-likeness (QED) is 0.746.